The minimum absolute atomic E-state index is 0.109. The fourth-order valence-corrected chi connectivity index (χ4v) is 2.87. The molecule has 148 valence electrons. The van der Waals surface area contributed by atoms with Crippen LogP contribution < -0.4 is 16.0 Å². The number of hydrogen-bond donors (Lipinski definition) is 3. The Hall–Kier alpha value is -2.87. The van der Waals surface area contributed by atoms with Crippen LogP contribution in [0.1, 0.15) is 11.1 Å². The quantitative estimate of drug-likeness (QED) is 0.610. The summed E-state index contributed by atoms with van der Waals surface area (Å²) in [6.45, 7) is 1.95. The molecule has 0 radical (unpaired) electrons. The third kappa shape index (κ3) is 7.03. The first kappa shape index (κ1) is 21.4. The zero-order valence-corrected chi connectivity index (χ0v) is 17.4. The largest absolute Gasteiger partial charge is 0.335 e. The van der Waals surface area contributed by atoms with E-state index in [0.29, 0.717) is 12.2 Å². The minimum atomic E-state index is -0.444. The molecule has 0 saturated heterocycles. The number of nitrogens with one attached hydrogen (secondary N) is 3. The molecule has 0 aromatic heterocycles. The average Bonchev–Trinajstić information content (AvgIpc) is 2.67. The third-order valence-electron chi connectivity index (χ3n) is 3.97. The zero-order chi connectivity index (χ0) is 20.5. The van der Waals surface area contributed by atoms with Gasteiger partial charge < -0.3 is 20.9 Å². The van der Waals surface area contributed by atoms with E-state index in [-0.39, 0.29) is 24.9 Å². The number of aryl methyl sites for hydroxylation is 1. The number of carbonyl (C=O) groups excluding carboxylic acids is 3. The maximum Gasteiger partial charge on any atom is 0.315 e. The van der Waals surface area contributed by atoms with Crippen molar-refractivity contribution in [2.75, 3.05) is 25.5 Å². The van der Waals surface area contributed by atoms with Crippen molar-refractivity contribution in [1.29, 1.82) is 0 Å². The summed E-state index contributed by atoms with van der Waals surface area (Å²) in [6, 6.07) is 14.5. The van der Waals surface area contributed by atoms with Crippen LogP contribution in [0.25, 0.3) is 0 Å². The lowest BCUT2D eigenvalue weighted by atomic mass is 10.2. The Morgan fingerprint density at radius 3 is 2.43 bits per heavy atom. The second-order valence-corrected chi connectivity index (χ2v) is 7.19. The van der Waals surface area contributed by atoms with Crippen LogP contribution in [0.15, 0.2) is 53.0 Å². The van der Waals surface area contributed by atoms with E-state index in [9.17, 15) is 14.4 Å². The predicted octanol–water partition coefficient (Wildman–Crippen LogP) is 2.65. The highest BCUT2D eigenvalue weighted by Gasteiger charge is 2.14. The number of rotatable bonds is 7. The molecule has 4 amide bonds. The van der Waals surface area contributed by atoms with Crippen LogP contribution in [-0.2, 0) is 16.1 Å². The van der Waals surface area contributed by atoms with Gasteiger partial charge in [0.15, 0.2) is 0 Å². The molecule has 0 saturated carbocycles. The van der Waals surface area contributed by atoms with Crippen molar-refractivity contribution in [3.8, 4) is 0 Å². The van der Waals surface area contributed by atoms with Crippen LogP contribution in [0.5, 0.6) is 0 Å². The van der Waals surface area contributed by atoms with E-state index in [1.807, 2.05) is 49.4 Å². The van der Waals surface area contributed by atoms with Gasteiger partial charge in [-0.25, -0.2) is 4.79 Å². The lowest BCUT2D eigenvalue weighted by Gasteiger charge is -2.18. The number of hydrogen-bond acceptors (Lipinski definition) is 3. The third-order valence-corrected chi connectivity index (χ3v) is 4.46. The van der Waals surface area contributed by atoms with E-state index < -0.39 is 6.03 Å². The normalized spacial score (nSPS) is 10.1. The number of urea groups is 1. The van der Waals surface area contributed by atoms with Gasteiger partial charge in [-0.15, -0.1) is 0 Å². The van der Waals surface area contributed by atoms with Crippen LogP contribution in [0.2, 0.25) is 0 Å². The van der Waals surface area contributed by atoms with Gasteiger partial charge in [-0.05, 0) is 36.2 Å². The molecule has 7 nitrogen and oxygen atoms in total. The fraction of sp³-hybridized carbons (Fsp3) is 0.250. The zero-order valence-electron chi connectivity index (χ0n) is 15.8. The van der Waals surface area contributed by atoms with Gasteiger partial charge in [-0.3, -0.25) is 9.59 Å². The molecule has 28 heavy (non-hydrogen) atoms. The van der Waals surface area contributed by atoms with Crippen molar-refractivity contribution in [2.45, 2.75) is 13.5 Å². The van der Waals surface area contributed by atoms with Crippen molar-refractivity contribution in [1.82, 2.24) is 15.5 Å². The number of carbonyl (C=O) groups is 3. The first-order chi connectivity index (χ1) is 13.3. The number of benzene rings is 2. The van der Waals surface area contributed by atoms with Gasteiger partial charge >= 0.3 is 6.03 Å². The first-order valence-electron chi connectivity index (χ1n) is 8.70. The van der Waals surface area contributed by atoms with E-state index in [1.54, 1.807) is 6.07 Å². The molecule has 0 aliphatic rings. The highest BCUT2D eigenvalue weighted by Crippen LogP contribution is 2.19. The molecular weight excluding hydrogens is 424 g/mol. The summed E-state index contributed by atoms with van der Waals surface area (Å²) in [5.74, 6) is -0.674. The van der Waals surface area contributed by atoms with Crippen molar-refractivity contribution in [2.24, 2.45) is 0 Å². The summed E-state index contributed by atoms with van der Waals surface area (Å²) in [4.78, 5) is 37.3. The van der Waals surface area contributed by atoms with Gasteiger partial charge in [-0.1, -0.05) is 46.3 Å². The Kier molecular flexibility index (Phi) is 8.01. The van der Waals surface area contributed by atoms with Gasteiger partial charge in [0.05, 0.1) is 13.1 Å². The maximum atomic E-state index is 12.1. The van der Waals surface area contributed by atoms with Crippen molar-refractivity contribution >= 4 is 39.5 Å². The number of nitrogens with zero attached hydrogens (tertiary/aromatic N) is 1. The topological polar surface area (TPSA) is 90.5 Å². The second kappa shape index (κ2) is 10.5. The number of amides is 4. The van der Waals surface area contributed by atoms with Crippen LogP contribution in [0, 0.1) is 6.92 Å². The highest BCUT2D eigenvalue weighted by atomic mass is 79.9. The molecule has 0 aliphatic heterocycles. The standard InChI is InChI=1S/C20H23BrN4O3/c1-14-10-16(21)8-9-17(14)24-18(26)13-25(2)19(27)12-23-20(28)22-11-15-6-4-3-5-7-15/h3-10H,11-13H2,1-2H3,(H,24,26)(H2,22,23,28). The Labute approximate surface area is 172 Å². The number of anilines is 1. The van der Waals surface area contributed by atoms with E-state index in [0.717, 1.165) is 15.6 Å². The summed E-state index contributed by atoms with van der Waals surface area (Å²) in [5, 5.41) is 7.94. The van der Waals surface area contributed by atoms with Gasteiger partial charge in [0, 0.05) is 23.8 Å². The van der Waals surface area contributed by atoms with E-state index in [1.165, 1.54) is 11.9 Å². The molecule has 0 heterocycles. The molecule has 2 aromatic carbocycles. The van der Waals surface area contributed by atoms with Crippen LogP contribution in [0.3, 0.4) is 0 Å². The molecule has 0 fully saturated rings. The van der Waals surface area contributed by atoms with Crippen LogP contribution in [-0.4, -0.2) is 42.9 Å². The minimum Gasteiger partial charge on any atom is -0.335 e. The van der Waals surface area contributed by atoms with Gasteiger partial charge in [0.25, 0.3) is 0 Å². The predicted molar refractivity (Wildman–Crippen MR) is 112 cm³/mol. The molecule has 3 N–H and O–H groups in total. The fourth-order valence-electron chi connectivity index (χ4n) is 2.39. The molecule has 0 spiro atoms. The summed E-state index contributed by atoms with van der Waals surface area (Å²) in [7, 11) is 1.51. The molecule has 8 heteroatoms. The number of likely N-dealkylation sites (N-methyl/N-ethyl adjacent to an activating group) is 1. The molecule has 0 unspecified atom stereocenters. The summed E-state index contributed by atoms with van der Waals surface area (Å²) in [5.41, 5.74) is 2.56. The summed E-state index contributed by atoms with van der Waals surface area (Å²) >= 11 is 3.37. The molecule has 2 rings (SSSR count). The van der Waals surface area contributed by atoms with Gasteiger partial charge in [0.2, 0.25) is 11.8 Å². The highest BCUT2D eigenvalue weighted by molar-refractivity contribution is 9.10. The van der Waals surface area contributed by atoms with Crippen molar-refractivity contribution in [3.05, 3.63) is 64.1 Å². The smallest absolute Gasteiger partial charge is 0.315 e. The summed E-state index contributed by atoms with van der Waals surface area (Å²) < 4.78 is 0.923. The molecule has 2 aromatic rings. The van der Waals surface area contributed by atoms with E-state index in [4.69, 9.17) is 0 Å². The molecule has 0 atom stereocenters. The van der Waals surface area contributed by atoms with E-state index in [2.05, 4.69) is 31.9 Å². The average molecular weight is 447 g/mol. The molecular formula is C20H23BrN4O3. The van der Waals surface area contributed by atoms with Crippen molar-refractivity contribution < 1.29 is 14.4 Å². The monoisotopic (exact) mass is 446 g/mol. The Morgan fingerprint density at radius 2 is 1.75 bits per heavy atom. The second-order valence-electron chi connectivity index (χ2n) is 6.28. The number of halogens is 1. The maximum absolute atomic E-state index is 12.1. The van der Waals surface area contributed by atoms with Crippen LogP contribution >= 0.6 is 15.9 Å². The molecule has 0 bridgehead atoms. The van der Waals surface area contributed by atoms with Crippen LogP contribution in [0.4, 0.5) is 10.5 Å². The first-order valence-corrected chi connectivity index (χ1v) is 9.50. The SMILES string of the molecule is Cc1cc(Br)ccc1NC(=O)CN(C)C(=O)CNC(=O)NCc1ccccc1. The van der Waals surface area contributed by atoms with Crippen molar-refractivity contribution in [3.63, 3.8) is 0 Å². The lowest BCUT2D eigenvalue weighted by molar-refractivity contribution is -0.132. The summed E-state index contributed by atoms with van der Waals surface area (Å²) in [6.07, 6.45) is 0. The Bertz CT molecular complexity index is 843. The van der Waals surface area contributed by atoms with Gasteiger partial charge in [0.1, 0.15) is 0 Å². The van der Waals surface area contributed by atoms with E-state index >= 15 is 0 Å². The molecule has 0 aliphatic carbocycles. The van der Waals surface area contributed by atoms with Gasteiger partial charge in [-0.2, -0.15) is 0 Å². The Morgan fingerprint density at radius 1 is 1.04 bits per heavy atom. The Balaban J connectivity index is 1.72. The lowest BCUT2D eigenvalue weighted by Crippen LogP contribution is -2.44.